The van der Waals surface area contributed by atoms with Gasteiger partial charge in [0.2, 0.25) is 0 Å². The number of rotatable bonds is 5. The molecule has 32 heavy (non-hydrogen) atoms. The van der Waals surface area contributed by atoms with Gasteiger partial charge < -0.3 is 19.7 Å². The second-order valence-corrected chi connectivity index (χ2v) is 9.48. The first-order chi connectivity index (χ1) is 15.6. The maximum absolute atomic E-state index is 5.86. The van der Waals surface area contributed by atoms with Crippen molar-refractivity contribution >= 4 is 28.7 Å². The van der Waals surface area contributed by atoms with Gasteiger partial charge in [-0.05, 0) is 73.1 Å². The summed E-state index contributed by atoms with van der Waals surface area (Å²) in [6, 6.07) is 17.6. The van der Waals surface area contributed by atoms with Crippen molar-refractivity contribution in [3.05, 3.63) is 78.4 Å². The van der Waals surface area contributed by atoms with Crippen LogP contribution in [0, 0.1) is 0 Å². The number of anilines is 2. The molecule has 0 spiro atoms. The quantitative estimate of drug-likeness (QED) is 0.515. The van der Waals surface area contributed by atoms with E-state index >= 15 is 0 Å². The summed E-state index contributed by atoms with van der Waals surface area (Å²) in [6.45, 7) is 0. The number of hydrogen-bond donors (Lipinski definition) is 1. The van der Waals surface area contributed by atoms with Crippen LogP contribution in [0.3, 0.4) is 0 Å². The second kappa shape index (κ2) is 8.94. The topological polar surface area (TPSA) is 36.3 Å². The van der Waals surface area contributed by atoms with Gasteiger partial charge in [0, 0.05) is 50.1 Å². The molecule has 2 fully saturated rings. The molecule has 6 heteroatoms. The van der Waals surface area contributed by atoms with E-state index in [0.29, 0.717) is 6.04 Å². The Morgan fingerprint density at radius 3 is 2.47 bits per heavy atom. The van der Waals surface area contributed by atoms with Crippen molar-refractivity contribution in [2.45, 2.75) is 50.2 Å². The van der Waals surface area contributed by atoms with Crippen LogP contribution in [0.15, 0.2) is 67.1 Å². The zero-order chi connectivity index (χ0) is 22.1. The zero-order valence-electron chi connectivity index (χ0n) is 18.8. The molecular weight excluding hydrogens is 414 g/mol. The van der Waals surface area contributed by atoms with E-state index < -0.39 is 0 Å². The van der Waals surface area contributed by atoms with Gasteiger partial charge in [-0.3, -0.25) is 4.98 Å². The lowest BCUT2D eigenvalue weighted by atomic mass is 9.95. The van der Waals surface area contributed by atoms with Gasteiger partial charge in [-0.2, -0.15) is 0 Å². The Bertz CT molecular complexity index is 1050. The van der Waals surface area contributed by atoms with E-state index in [9.17, 15) is 0 Å². The second-order valence-electron chi connectivity index (χ2n) is 9.09. The number of nitrogens with zero attached hydrogens (tertiary/aromatic N) is 4. The number of benzene rings is 1. The van der Waals surface area contributed by atoms with Crippen LogP contribution in [0.2, 0.25) is 0 Å². The standard InChI is InChI=1S/C26H31N5S/c1-29(2)20-11-13-22(14-12-20)31-25(24(28-26(31)32)23-10-6-7-16-27-23)19-15-17-30(18-19)21-8-4-3-5-9-21/h6-7,10-18,21,24-25H,3-5,8-9H2,1-2H3,(H,28,32)/t24-,25+/m1/s1. The largest absolute Gasteiger partial charge is 0.378 e. The highest BCUT2D eigenvalue weighted by Gasteiger charge is 2.41. The molecule has 0 bridgehead atoms. The van der Waals surface area contributed by atoms with Crippen molar-refractivity contribution < 1.29 is 0 Å². The van der Waals surface area contributed by atoms with Gasteiger partial charge in [-0.25, -0.2) is 0 Å². The lowest BCUT2D eigenvalue weighted by Crippen LogP contribution is -2.29. The number of thiocarbonyl (C=S) groups is 1. The summed E-state index contributed by atoms with van der Waals surface area (Å²) in [4.78, 5) is 9.04. The monoisotopic (exact) mass is 445 g/mol. The molecule has 1 saturated carbocycles. The number of hydrogen-bond acceptors (Lipinski definition) is 3. The number of aromatic nitrogens is 2. The Kier molecular flexibility index (Phi) is 5.87. The molecule has 1 aromatic carbocycles. The molecule has 3 heterocycles. The minimum Gasteiger partial charge on any atom is -0.378 e. The first-order valence-electron chi connectivity index (χ1n) is 11.6. The normalized spacial score (nSPS) is 21.6. The van der Waals surface area contributed by atoms with Gasteiger partial charge >= 0.3 is 0 Å². The molecule has 2 aromatic heterocycles. The Labute approximate surface area is 196 Å². The Morgan fingerprint density at radius 1 is 1.00 bits per heavy atom. The molecule has 5 nitrogen and oxygen atoms in total. The molecule has 2 aliphatic rings. The van der Waals surface area contributed by atoms with Crippen LogP contribution in [-0.4, -0.2) is 28.8 Å². The Morgan fingerprint density at radius 2 is 1.78 bits per heavy atom. The molecule has 0 unspecified atom stereocenters. The van der Waals surface area contributed by atoms with E-state index in [1.807, 2.05) is 18.3 Å². The van der Waals surface area contributed by atoms with E-state index in [-0.39, 0.29) is 12.1 Å². The molecule has 5 rings (SSSR count). The number of pyridine rings is 1. The van der Waals surface area contributed by atoms with Crippen molar-refractivity contribution in [3.63, 3.8) is 0 Å². The SMILES string of the molecule is CN(C)c1ccc(N2C(=S)N[C@H](c3ccccn3)[C@@H]2c2ccn(C3CCCCC3)c2)cc1. The molecule has 0 radical (unpaired) electrons. The van der Waals surface area contributed by atoms with E-state index in [2.05, 4.69) is 87.6 Å². The van der Waals surface area contributed by atoms with Crippen LogP contribution in [0.5, 0.6) is 0 Å². The summed E-state index contributed by atoms with van der Waals surface area (Å²) >= 11 is 5.86. The van der Waals surface area contributed by atoms with Crippen LogP contribution in [0.4, 0.5) is 11.4 Å². The summed E-state index contributed by atoms with van der Waals surface area (Å²) in [6.07, 6.45) is 13.0. The van der Waals surface area contributed by atoms with Crippen LogP contribution < -0.4 is 15.1 Å². The van der Waals surface area contributed by atoms with E-state index in [0.717, 1.165) is 16.5 Å². The van der Waals surface area contributed by atoms with Gasteiger partial charge in [0.25, 0.3) is 0 Å². The molecule has 1 aliphatic carbocycles. The summed E-state index contributed by atoms with van der Waals surface area (Å²) in [7, 11) is 4.12. The first-order valence-corrected chi connectivity index (χ1v) is 12.0. The molecule has 0 amide bonds. The third-order valence-corrected chi connectivity index (χ3v) is 7.13. The molecular formula is C26H31N5S. The Balaban J connectivity index is 1.53. The van der Waals surface area contributed by atoms with E-state index in [1.165, 1.54) is 43.4 Å². The first kappa shape index (κ1) is 21.0. The summed E-state index contributed by atoms with van der Waals surface area (Å²) in [5.41, 5.74) is 4.56. The maximum Gasteiger partial charge on any atom is 0.174 e. The molecule has 2 atom stereocenters. The molecule has 1 saturated heterocycles. The average Bonchev–Trinajstić information content (AvgIpc) is 3.45. The van der Waals surface area contributed by atoms with Gasteiger partial charge in [0.05, 0.1) is 17.8 Å². The van der Waals surface area contributed by atoms with Crippen LogP contribution in [0.1, 0.15) is 61.5 Å². The van der Waals surface area contributed by atoms with Crippen LogP contribution >= 0.6 is 12.2 Å². The van der Waals surface area contributed by atoms with Crippen LogP contribution in [-0.2, 0) is 0 Å². The fourth-order valence-electron chi connectivity index (χ4n) is 5.09. The summed E-state index contributed by atoms with van der Waals surface area (Å²) < 4.78 is 2.43. The lowest BCUT2D eigenvalue weighted by Gasteiger charge is -2.28. The van der Waals surface area contributed by atoms with Crippen molar-refractivity contribution in [3.8, 4) is 0 Å². The third kappa shape index (κ3) is 3.99. The molecule has 1 N–H and O–H groups in total. The predicted octanol–water partition coefficient (Wildman–Crippen LogP) is 5.63. The van der Waals surface area contributed by atoms with E-state index in [4.69, 9.17) is 12.2 Å². The van der Waals surface area contributed by atoms with Gasteiger partial charge in [0.15, 0.2) is 5.11 Å². The summed E-state index contributed by atoms with van der Waals surface area (Å²) in [5, 5.41) is 4.31. The highest BCUT2D eigenvalue weighted by molar-refractivity contribution is 7.80. The third-order valence-electron chi connectivity index (χ3n) is 6.82. The molecule has 166 valence electrons. The van der Waals surface area contributed by atoms with Crippen molar-refractivity contribution in [1.82, 2.24) is 14.9 Å². The minimum atomic E-state index is -0.000527. The minimum absolute atomic E-state index is 0.000527. The van der Waals surface area contributed by atoms with Crippen molar-refractivity contribution in [1.29, 1.82) is 0 Å². The fraction of sp³-hybridized carbons (Fsp3) is 0.385. The van der Waals surface area contributed by atoms with Gasteiger partial charge in [0.1, 0.15) is 0 Å². The predicted molar refractivity (Wildman–Crippen MR) is 135 cm³/mol. The van der Waals surface area contributed by atoms with Crippen molar-refractivity contribution in [2.75, 3.05) is 23.9 Å². The highest BCUT2D eigenvalue weighted by Crippen LogP contribution is 2.42. The highest BCUT2D eigenvalue weighted by atomic mass is 32.1. The van der Waals surface area contributed by atoms with Gasteiger partial charge in [-0.15, -0.1) is 0 Å². The Hall–Kier alpha value is -2.86. The van der Waals surface area contributed by atoms with Gasteiger partial charge in [-0.1, -0.05) is 25.3 Å². The zero-order valence-corrected chi connectivity index (χ0v) is 19.6. The lowest BCUT2D eigenvalue weighted by molar-refractivity contribution is 0.353. The molecule has 3 aromatic rings. The fourth-order valence-corrected chi connectivity index (χ4v) is 5.44. The number of nitrogens with one attached hydrogen (secondary N) is 1. The molecule has 1 aliphatic heterocycles. The van der Waals surface area contributed by atoms with Crippen molar-refractivity contribution in [2.24, 2.45) is 0 Å². The van der Waals surface area contributed by atoms with E-state index in [1.54, 1.807) is 0 Å². The average molecular weight is 446 g/mol. The smallest absolute Gasteiger partial charge is 0.174 e. The summed E-state index contributed by atoms with van der Waals surface area (Å²) in [5.74, 6) is 0. The maximum atomic E-state index is 5.86. The van der Waals surface area contributed by atoms with Crippen LogP contribution in [0.25, 0.3) is 0 Å².